The van der Waals surface area contributed by atoms with Gasteiger partial charge in [-0.25, -0.2) is 0 Å². The molecular weight excluding hydrogens is 500 g/mol. The number of aromatic nitrogens is 4. The van der Waals surface area contributed by atoms with E-state index in [0.29, 0.717) is 11.4 Å². The molecule has 2 fully saturated rings. The van der Waals surface area contributed by atoms with E-state index in [0.717, 1.165) is 0 Å². The van der Waals surface area contributed by atoms with Crippen LogP contribution in [0.15, 0.2) is 30.3 Å². The van der Waals surface area contributed by atoms with Crippen LogP contribution >= 0.6 is 11.8 Å². The van der Waals surface area contributed by atoms with Gasteiger partial charge in [-0.1, -0.05) is 44.2 Å². The highest BCUT2D eigenvalue weighted by Gasteiger charge is 2.63. The van der Waals surface area contributed by atoms with Gasteiger partial charge in [-0.05, 0) is 29.8 Å². The van der Waals surface area contributed by atoms with Crippen LogP contribution in [0.2, 0.25) is 0 Å². The smallest absolute Gasteiger partial charge is 0.310 e. The number of hydrogen-bond donors (Lipinski definition) is 3. The Balaban J connectivity index is 1.51. The molecule has 4 N–H and O–H groups in total. The van der Waals surface area contributed by atoms with Gasteiger partial charge in [0.05, 0.1) is 12.5 Å². The molecule has 14 heteroatoms. The van der Waals surface area contributed by atoms with Crippen molar-refractivity contribution < 1.29 is 23.9 Å². The van der Waals surface area contributed by atoms with Crippen molar-refractivity contribution in [2.24, 2.45) is 11.7 Å². The molecule has 0 saturated carbocycles. The zero-order valence-corrected chi connectivity index (χ0v) is 21.8. The summed E-state index contributed by atoms with van der Waals surface area (Å²) in [6.45, 7) is 6.91. The third kappa shape index (κ3) is 5.16. The van der Waals surface area contributed by atoms with Gasteiger partial charge in [0.1, 0.15) is 23.5 Å². The normalized spacial score (nSPS) is 22.7. The first kappa shape index (κ1) is 26.5. The van der Waals surface area contributed by atoms with E-state index in [4.69, 9.17) is 10.5 Å². The van der Waals surface area contributed by atoms with Crippen molar-refractivity contribution in [1.82, 2.24) is 35.7 Å². The minimum atomic E-state index is -1.00. The van der Waals surface area contributed by atoms with Crippen molar-refractivity contribution in [1.29, 1.82) is 0 Å². The van der Waals surface area contributed by atoms with Crippen molar-refractivity contribution in [2.45, 2.75) is 62.7 Å². The molecule has 1 aromatic carbocycles. The summed E-state index contributed by atoms with van der Waals surface area (Å²) >= 11 is 1.51. The van der Waals surface area contributed by atoms with Crippen molar-refractivity contribution >= 4 is 35.5 Å². The van der Waals surface area contributed by atoms with Crippen molar-refractivity contribution in [3.63, 3.8) is 0 Å². The number of hydrogen-bond acceptors (Lipinski definition) is 10. The topological polar surface area (TPSA) is 174 Å². The molecule has 0 aliphatic carbocycles. The fraction of sp³-hybridized carbons (Fsp3) is 0.522. The number of rotatable bonds is 9. The molecule has 3 unspecified atom stereocenters. The molecule has 4 rings (SSSR count). The lowest BCUT2D eigenvalue weighted by atomic mass is 9.95. The highest BCUT2D eigenvalue weighted by molar-refractivity contribution is 8.01. The summed E-state index contributed by atoms with van der Waals surface area (Å²) in [4.78, 5) is 52.1. The lowest BCUT2D eigenvalue weighted by molar-refractivity contribution is -0.154. The van der Waals surface area contributed by atoms with E-state index < -0.39 is 40.7 Å². The number of nitrogens with two attached hydrogens (primary N) is 1. The number of carbonyl (C=O) groups excluding carboxylic acids is 4. The van der Waals surface area contributed by atoms with Crippen LogP contribution in [0.1, 0.15) is 51.2 Å². The van der Waals surface area contributed by atoms with E-state index >= 15 is 0 Å². The van der Waals surface area contributed by atoms with E-state index in [-0.39, 0.29) is 30.5 Å². The van der Waals surface area contributed by atoms with Gasteiger partial charge in [-0.15, -0.1) is 16.9 Å². The Labute approximate surface area is 217 Å². The predicted molar refractivity (Wildman–Crippen MR) is 132 cm³/mol. The monoisotopic (exact) mass is 530 g/mol. The summed E-state index contributed by atoms with van der Waals surface area (Å²) in [7, 11) is 0. The summed E-state index contributed by atoms with van der Waals surface area (Å²) < 4.78 is 6.13. The van der Waals surface area contributed by atoms with Crippen molar-refractivity contribution in [3.05, 3.63) is 41.7 Å². The molecular formula is C23H30N8O5S. The predicted octanol–water partition coefficient (Wildman–Crippen LogP) is -0.134. The molecule has 4 atom stereocenters. The SMILES string of the molecule is CC(C)C(=O)OCn1nnnc1C1N2C(=O)C(NC(=O)C(NC(=O)CN)c3ccccc3)[C@H]2SC1(C)C. The Morgan fingerprint density at radius 2 is 1.92 bits per heavy atom. The first-order valence-electron chi connectivity index (χ1n) is 11.8. The number of nitrogens with one attached hydrogen (secondary N) is 2. The fourth-order valence-electron chi connectivity index (χ4n) is 4.36. The number of tetrazole rings is 1. The molecule has 198 valence electrons. The lowest BCUT2D eigenvalue weighted by Gasteiger charge is -2.44. The Kier molecular flexibility index (Phi) is 7.50. The maximum absolute atomic E-state index is 13.3. The molecule has 2 saturated heterocycles. The molecule has 2 aliphatic heterocycles. The Bertz CT molecular complexity index is 1190. The van der Waals surface area contributed by atoms with E-state index in [2.05, 4.69) is 26.2 Å². The quantitative estimate of drug-likeness (QED) is 0.292. The van der Waals surface area contributed by atoms with Crippen LogP contribution in [0.25, 0.3) is 0 Å². The molecule has 13 nitrogen and oxygen atoms in total. The number of carbonyl (C=O) groups is 4. The molecule has 0 bridgehead atoms. The first-order chi connectivity index (χ1) is 17.5. The number of benzene rings is 1. The maximum Gasteiger partial charge on any atom is 0.310 e. The van der Waals surface area contributed by atoms with Crippen LogP contribution in [-0.4, -0.2) is 71.5 Å². The second-order valence-corrected chi connectivity index (χ2v) is 11.4. The van der Waals surface area contributed by atoms with Gasteiger partial charge in [0, 0.05) is 4.75 Å². The molecule has 3 amide bonds. The van der Waals surface area contributed by atoms with Gasteiger partial charge in [0.15, 0.2) is 12.6 Å². The van der Waals surface area contributed by atoms with Crippen LogP contribution in [0.4, 0.5) is 0 Å². The van der Waals surface area contributed by atoms with Crippen molar-refractivity contribution in [2.75, 3.05) is 6.54 Å². The summed E-state index contributed by atoms with van der Waals surface area (Å²) in [5, 5.41) is 16.8. The number of β-lactam (4-membered cyclic amide) rings is 1. The average Bonchev–Trinajstić information content (AvgIpc) is 3.43. The minimum Gasteiger partial charge on any atom is -0.442 e. The highest BCUT2D eigenvalue weighted by Crippen LogP contribution is 2.56. The zero-order chi connectivity index (χ0) is 26.9. The average molecular weight is 531 g/mol. The second-order valence-electron chi connectivity index (χ2n) is 9.65. The van der Waals surface area contributed by atoms with E-state index in [1.165, 1.54) is 16.4 Å². The number of ether oxygens (including phenoxy) is 1. The van der Waals surface area contributed by atoms with Crippen LogP contribution < -0.4 is 16.4 Å². The number of fused-ring (bicyclic) bond motifs is 1. The second kappa shape index (κ2) is 10.5. The van der Waals surface area contributed by atoms with E-state index in [1.807, 2.05) is 13.8 Å². The first-order valence-corrected chi connectivity index (χ1v) is 12.7. The standard InChI is InChI=1S/C23H30N8O5S/c1-12(2)22(35)36-11-30-18(27-28-29-30)17-23(3,4)37-21-16(20(34)31(17)21)26-19(33)15(25-14(32)10-24)13-8-6-5-7-9-13/h5-9,12,15-17,21H,10-11,24H2,1-4H3,(H,25,32)(H,26,33)/t15?,16?,17?,21-/m1/s1. The van der Waals surface area contributed by atoms with Gasteiger partial charge in [-0.3, -0.25) is 19.2 Å². The summed E-state index contributed by atoms with van der Waals surface area (Å²) in [5.74, 6) is -1.63. The maximum atomic E-state index is 13.3. The Hall–Kier alpha value is -3.52. The number of amides is 3. The Morgan fingerprint density at radius 3 is 2.57 bits per heavy atom. The summed E-state index contributed by atoms with van der Waals surface area (Å²) in [6.07, 6.45) is 0. The van der Waals surface area contributed by atoms with Gasteiger partial charge in [0.25, 0.3) is 0 Å². The molecule has 2 aromatic rings. The fourth-order valence-corrected chi connectivity index (χ4v) is 5.99. The lowest BCUT2D eigenvalue weighted by Crippen LogP contribution is -2.68. The van der Waals surface area contributed by atoms with Gasteiger partial charge in [-0.2, -0.15) is 4.68 Å². The van der Waals surface area contributed by atoms with E-state index in [9.17, 15) is 19.2 Å². The molecule has 0 radical (unpaired) electrons. The number of esters is 1. The van der Waals surface area contributed by atoms with Crippen LogP contribution in [0.3, 0.4) is 0 Å². The third-order valence-corrected chi connectivity index (χ3v) is 7.80. The van der Waals surface area contributed by atoms with E-state index in [1.54, 1.807) is 49.1 Å². The summed E-state index contributed by atoms with van der Waals surface area (Å²) in [5.41, 5.74) is 6.00. The summed E-state index contributed by atoms with van der Waals surface area (Å²) in [6, 6.07) is 6.41. The largest absolute Gasteiger partial charge is 0.442 e. The van der Waals surface area contributed by atoms with Crippen LogP contribution in [0, 0.1) is 5.92 Å². The third-order valence-electron chi connectivity index (χ3n) is 6.23. The molecule has 0 spiro atoms. The van der Waals surface area contributed by atoms with Crippen LogP contribution in [-0.2, 0) is 30.6 Å². The zero-order valence-electron chi connectivity index (χ0n) is 21.0. The van der Waals surface area contributed by atoms with Crippen molar-refractivity contribution in [3.8, 4) is 0 Å². The van der Waals surface area contributed by atoms with Gasteiger partial charge < -0.3 is 26.0 Å². The number of nitrogens with zero attached hydrogens (tertiary/aromatic N) is 5. The molecule has 37 heavy (non-hydrogen) atoms. The Morgan fingerprint density at radius 1 is 1.22 bits per heavy atom. The number of thioether (sulfide) groups is 1. The highest BCUT2D eigenvalue weighted by atomic mass is 32.2. The minimum absolute atomic E-state index is 0.178. The molecule has 3 heterocycles. The van der Waals surface area contributed by atoms with Crippen LogP contribution in [0.5, 0.6) is 0 Å². The molecule has 1 aromatic heterocycles. The molecule has 2 aliphatic rings. The van der Waals surface area contributed by atoms with Gasteiger partial charge in [0.2, 0.25) is 17.7 Å². The van der Waals surface area contributed by atoms with Gasteiger partial charge >= 0.3 is 5.97 Å².